The molecule has 240 valence electrons. The van der Waals surface area contributed by atoms with E-state index in [9.17, 15) is 24.3 Å². The van der Waals surface area contributed by atoms with E-state index in [1.165, 1.54) is 14.5 Å². The second-order valence-corrected chi connectivity index (χ2v) is 11.9. The number of β-lactam (4-membered cyclic amide) rings is 1. The molecule has 1 aromatic heterocycles. The van der Waals surface area contributed by atoms with E-state index in [2.05, 4.69) is 21.0 Å². The number of nitrogens with zero attached hydrogens (tertiary/aromatic N) is 6. The van der Waals surface area contributed by atoms with Gasteiger partial charge in [-0.2, -0.15) is 0 Å². The molecule has 3 aliphatic rings. The third-order valence-corrected chi connectivity index (χ3v) is 9.32. The van der Waals surface area contributed by atoms with Crippen molar-refractivity contribution in [3.63, 3.8) is 0 Å². The Kier molecular flexibility index (Phi) is 9.66. The zero-order valence-corrected chi connectivity index (χ0v) is 25.4. The van der Waals surface area contributed by atoms with Gasteiger partial charge >= 0.3 is 35.5 Å². The van der Waals surface area contributed by atoms with E-state index in [0.717, 1.165) is 28.5 Å². The van der Waals surface area contributed by atoms with Gasteiger partial charge in [-0.1, -0.05) is 103 Å². The predicted octanol–water partition coefficient (Wildman–Crippen LogP) is 0.903. The summed E-state index contributed by atoms with van der Waals surface area (Å²) >= 11 is 1.04. The summed E-state index contributed by atoms with van der Waals surface area (Å²) < 4.78 is 7.24. The van der Waals surface area contributed by atoms with Crippen LogP contribution in [-0.2, 0) is 40.9 Å². The fourth-order valence-electron chi connectivity index (χ4n) is 6.33. The molecule has 3 atom stereocenters. The van der Waals surface area contributed by atoms with Crippen LogP contribution in [0.5, 0.6) is 0 Å². The van der Waals surface area contributed by atoms with E-state index in [1.54, 1.807) is 0 Å². The van der Waals surface area contributed by atoms with Gasteiger partial charge in [-0.05, 0) is 27.1 Å². The zero-order chi connectivity index (χ0) is 32.5. The van der Waals surface area contributed by atoms with Gasteiger partial charge in [0, 0.05) is 0 Å². The van der Waals surface area contributed by atoms with Gasteiger partial charge in [-0.3, -0.25) is 24.1 Å². The first-order valence-corrected chi connectivity index (χ1v) is 15.6. The number of carboxylic acids is 1. The summed E-state index contributed by atoms with van der Waals surface area (Å²) in [5.41, 5.74) is 3.51. The molecule has 2 fully saturated rings. The van der Waals surface area contributed by atoms with Gasteiger partial charge in [-0.25, -0.2) is 15.0 Å². The topological polar surface area (TPSA) is 169 Å². The van der Waals surface area contributed by atoms with E-state index < -0.39 is 41.6 Å². The maximum absolute atomic E-state index is 13.4. The molecule has 3 amide bonds. The molecule has 4 aromatic rings. The number of tetrazole rings is 1. The van der Waals surface area contributed by atoms with Crippen LogP contribution in [0, 0.1) is 0 Å². The molecule has 14 nitrogen and oxygen atoms in total. The number of carbonyl (C=O) groups is 4. The van der Waals surface area contributed by atoms with Crippen LogP contribution in [0.1, 0.15) is 16.7 Å². The van der Waals surface area contributed by atoms with Crippen LogP contribution in [0.3, 0.4) is 0 Å². The molecule has 0 saturated carbocycles. The molecule has 0 spiro atoms. The third-order valence-electron chi connectivity index (χ3n) is 8.36. The van der Waals surface area contributed by atoms with Crippen molar-refractivity contribution in [1.82, 2.24) is 35.5 Å². The molecule has 0 aliphatic carbocycles. The van der Waals surface area contributed by atoms with Crippen molar-refractivity contribution in [2.45, 2.75) is 35.5 Å². The zero-order valence-electron chi connectivity index (χ0n) is 24.6. The van der Waals surface area contributed by atoms with Crippen molar-refractivity contribution in [3.8, 4) is 0 Å². The van der Waals surface area contributed by atoms with Crippen LogP contribution in [0.2, 0.25) is 0 Å². The molecule has 2 N–H and O–H groups in total. The number of benzene rings is 3. The average Bonchev–Trinajstić information content (AvgIpc) is 3.70. The summed E-state index contributed by atoms with van der Waals surface area (Å²) in [6.45, 7) is -0.156. The quantitative estimate of drug-likeness (QED) is 0.0546. The first kappa shape index (κ1) is 33.4. The molecule has 3 aromatic carbocycles. The Balaban J connectivity index is 0.00000401. The molecule has 0 bridgehead atoms. The Morgan fingerprint density at radius 2 is 1.58 bits per heavy atom. The summed E-state index contributed by atoms with van der Waals surface area (Å²) in [5, 5.41) is 21.8. The van der Waals surface area contributed by atoms with Crippen LogP contribution < -0.4 is 5.48 Å². The molecule has 4 heterocycles. The monoisotopic (exact) mass is 677 g/mol. The number of rotatable bonds is 12. The summed E-state index contributed by atoms with van der Waals surface area (Å²) in [6.07, 6.45) is 0.0165. The van der Waals surface area contributed by atoms with Crippen LogP contribution in [0.4, 0.5) is 0 Å². The summed E-state index contributed by atoms with van der Waals surface area (Å²) in [4.78, 5) is 58.7. The number of nitrogens with one attached hydrogen (secondary N) is 1. The Labute approximate surface area is 300 Å². The van der Waals surface area contributed by atoms with Crippen molar-refractivity contribution in [2.24, 2.45) is 0 Å². The van der Waals surface area contributed by atoms with Crippen molar-refractivity contribution < 1.29 is 33.9 Å². The molecular weight excluding hydrogens is 649 g/mol. The standard InChI is InChI=1S/C32H27N7O7S.Na.H/c40-19-37-16-23-26-28(37)29(42)39(26)27(30(43)44)24(45-23)18-47-31-33-35-36-38(31)17-25(41)34-46-32(20-10-4-1-5-11-20,21-12-6-2-7-13-21)22-14-8-3-9-15-22;;/h1-15,19,23,26,28H,16-18H2,(H,34,41)(H,43,44);;/t23-,26-,28+;;/m1../s1. The average molecular weight is 678 g/mol. The molecule has 0 unspecified atom stereocenters. The third kappa shape index (κ3) is 5.77. The van der Waals surface area contributed by atoms with E-state index >= 15 is 0 Å². The van der Waals surface area contributed by atoms with Crippen LogP contribution >= 0.6 is 11.8 Å². The summed E-state index contributed by atoms with van der Waals surface area (Å²) in [5.74, 6) is -2.34. The van der Waals surface area contributed by atoms with Crippen molar-refractivity contribution in [1.29, 1.82) is 0 Å². The Morgan fingerprint density at radius 1 is 1.00 bits per heavy atom. The number of hydroxylamine groups is 1. The SMILES string of the molecule is O=CN1C[C@H]2OC(CSc3nnnn3CC(=O)NOC(c3ccccc3)(c3ccccc3)c3ccccc3)=C(C(=O)O)N3C(=O)[C@@H]1[C@@H]23.[NaH]. The molecule has 3 aliphatic heterocycles. The molecule has 7 rings (SSSR count). The van der Waals surface area contributed by atoms with Gasteiger partial charge in [-0.15, -0.1) is 5.10 Å². The second kappa shape index (κ2) is 13.9. The van der Waals surface area contributed by atoms with Gasteiger partial charge in [0.05, 0.1) is 12.3 Å². The van der Waals surface area contributed by atoms with E-state index in [0.29, 0.717) is 6.41 Å². The predicted molar refractivity (Wildman–Crippen MR) is 171 cm³/mol. The van der Waals surface area contributed by atoms with Crippen molar-refractivity contribution >= 4 is 65.5 Å². The number of hydrogen-bond acceptors (Lipinski definition) is 10. The number of amides is 3. The maximum atomic E-state index is 13.4. The van der Waals surface area contributed by atoms with Crippen LogP contribution in [0.25, 0.3) is 0 Å². The first-order valence-electron chi connectivity index (χ1n) is 14.6. The Bertz CT molecular complexity index is 1770. The molecular formula is C32H28N7NaO7S. The Hall–Kier alpha value is -4.54. The van der Waals surface area contributed by atoms with Gasteiger partial charge in [0.1, 0.15) is 30.5 Å². The molecule has 0 radical (unpaired) electrons. The van der Waals surface area contributed by atoms with Gasteiger partial charge in [0.25, 0.3) is 11.8 Å². The normalized spacial score (nSPS) is 19.5. The fraction of sp³-hybridized carbons (Fsp3) is 0.219. The van der Waals surface area contributed by atoms with Gasteiger partial charge in [0.15, 0.2) is 11.3 Å². The van der Waals surface area contributed by atoms with Crippen molar-refractivity contribution in [2.75, 3.05) is 12.3 Å². The van der Waals surface area contributed by atoms with Crippen molar-refractivity contribution in [3.05, 3.63) is 119 Å². The van der Waals surface area contributed by atoms with Crippen LogP contribution in [-0.4, -0.2) is 119 Å². The second-order valence-electron chi connectivity index (χ2n) is 11.0. The molecule has 16 heteroatoms. The fourth-order valence-corrected chi connectivity index (χ4v) is 7.14. The minimum atomic E-state index is -1.33. The number of aromatic nitrogens is 4. The number of carboxylic acid groups (broad SMARTS) is 1. The van der Waals surface area contributed by atoms with Crippen LogP contribution in [0.15, 0.2) is 108 Å². The first-order chi connectivity index (χ1) is 22.9. The number of likely N-dealkylation sites (tertiary alicyclic amines) is 1. The number of ether oxygens (including phenoxy) is 1. The summed E-state index contributed by atoms with van der Waals surface area (Å²) in [6, 6.07) is 27.4. The van der Waals surface area contributed by atoms with Gasteiger partial charge in [0.2, 0.25) is 11.6 Å². The number of carbonyl (C=O) groups excluding carboxylic acids is 3. The molecule has 2 saturated heterocycles. The van der Waals surface area contributed by atoms with E-state index in [1.807, 2.05) is 91.0 Å². The molecule has 48 heavy (non-hydrogen) atoms. The number of aliphatic carboxylic acids is 1. The number of thioether (sulfide) groups is 1. The van der Waals surface area contributed by atoms with E-state index in [4.69, 9.17) is 9.57 Å². The van der Waals surface area contributed by atoms with E-state index in [-0.39, 0.29) is 65.0 Å². The summed E-state index contributed by atoms with van der Waals surface area (Å²) in [7, 11) is 0. The number of hydrogen-bond donors (Lipinski definition) is 2. The Morgan fingerprint density at radius 3 is 2.12 bits per heavy atom. The van der Waals surface area contributed by atoms with Gasteiger partial charge < -0.3 is 14.7 Å². The minimum absolute atomic E-state index is 0.